The van der Waals surface area contributed by atoms with Crippen LogP contribution in [-0.4, -0.2) is 30.4 Å². The van der Waals surface area contributed by atoms with Crippen molar-refractivity contribution in [3.05, 3.63) is 64.7 Å². The highest BCUT2D eigenvalue weighted by molar-refractivity contribution is 7.92. The van der Waals surface area contributed by atoms with Crippen LogP contribution in [0.1, 0.15) is 11.1 Å². The second-order valence-corrected chi connectivity index (χ2v) is 7.39. The largest absolute Gasteiger partial charge is 0.507 e. The van der Waals surface area contributed by atoms with Crippen LogP contribution in [-0.2, 0) is 19.6 Å². The Kier molecular flexibility index (Phi) is 5.69. The zero-order chi connectivity index (χ0) is 19.5. The van der Waals surface area contributed by atoms with E-state index in [0.717, 1.165) is 5.56 Å². The lowest BCUT2D eigenvalue weighted by molar-refractivity contribution is -0.146. The van der Waals surface area contributed by atoms with E-state index in [4.69, 9.17) is 16.7 Å². The third-order valence-corrected chi connectivity index (χ3v) is 5.13. The van der Waals surface area contributed by atoms with Gasteiger partial charge in [0.05, 0.1) is 4.90 Å². The number of carboxylic acids is 1. The van der Waals surface area contributed by atoms with Crippen molar-refractivity contribution < 1.29 is 28.2 Å². The summed E-state index contributed by atoms with van der Waals surface area (Å²) in [6, 6.07) is 9.80. The minimum atomic E-state index is -3.93. The maximum atomic E-state index is 12.4. The quantitative estimate of drug-likeness (QED) is 0.392. The van der Waals surface area contributed by atoms with Crippen molar-refractivity contribution in [2.24, 2.45) is 0 Å². The minimum Gasteiger partial charge on any atom is -0.507 e. The van der Waals surface area contributed by atoms with E-state index < -0.39 is 27.5 Å². The summed E-state index contributed by atoms with van der Waals surface area (Å²) in [4.78, 5) is 21.6. The molecule has 0 aliphatic rings. The maximum Gasteiger partial charge on any atom is 0.376 e. The molecule has 2 aromatic carbocycles. The van der Waals surface area contributed by atoms with Gasteiger partial charge in [0, 0.05) is 22.3 Å². The second kappa shape index (κ2) is 7.59. The lowest BCUT2D eigenvalue weighted by Crippen LogP contribution is -2.13. The molecule has 0 amide bonds. The van der Waals surface area contributed by atoms with E-state index in [-0.39, 0.29) is 16.1 Å². The Hall–Kier alpha value is -2.84. The number of carboxylic acid groups (broad SMARTS) is 1. The van der Waals surface area contributed by atoms with E-state index in [1.807, 2.05) is 0 Å². The molecule has 26 heavy (non-hydrogen) atoms. The molecule has 0 radical (unpaired) electrons. The minimum absolute atomic E-state index is 0.0423. The van der Waals surface area contributed by atoms with Gasteiger partial charge in [-0.25, -0.2) is 13.2 Å². The van der Waals surface area contributed by atoms with Gasteiger partial charge in [0.2, 0.25) is 0 Å². The van der Waals surface area contributed by atoms with E-state index in [1.165, 1.54) is 36.4 Å². The second-order valence-electron chi connectivity index (χ2n) is 5.30. The first-order valence-corrected chi connectivity index (χ1v) is 9.03. The number of aliphatic carboxylic acids is 1. The number of aryl methyl sites for hydroxylation is 1. The first-order chi connectivity index (χ1) is 12.1. The fourth-order valence-electron chi connectivity index (χ4n) is 1.97. The van der Waals surface area contributed by atoms with Gasteiger partial charge in [0.25, 0.3) is 15.8 Å². The lowest BCUT2D eigenvalue weighted by Gasteiger charge is -2.10. The average molecular weight is 396 g/mol. The number of sulfonamides is 1. The Morgan fingerprint density at radius 3 is 2.42 bits per heavy atom. The molecule has 0 spiro atoms. The number of aliphatic hydroxyl groups is 1. The molecule has 0 fully saturated rings. The molecule has 0 aliphatic heterocycles. The average Bonchev–Trinajstić information content (AvgIpc) is 2.56. The van der Waals surface area contributed by atoms with E-state index in [1.54, 1.807) is 13.0 Å². The monoisotopic (exact) mass is 395 g/mol. The fourth-order valence-corrected chi connectivity index (χ4v) is 3.29. The van der Waals surface area contributed by atoms with Crippen LogP contribution in [0.25, 0.3) is 5.76 Å². The molecule has 0 aliphatic carbocycles. The predicted octanol–water partition coefficient (Wildman–Crippen LogP) is 3.00. The van der Waals surface area contributed by atoms with Crippen LogP contribution in [0.4, 0.5) is 5.69 Å². The highest BCUT2D eigenvalue weighted by Crippen LogP contribution is 2.23. The Morgan fingerprint density at radius 1 is 1.12 bits per heavy atom. The maximum absolute atomic E-state index is 12.4. The molecule has 136 valence electrons. The number of nitrogens with one attached hydrogen (secondary N) is 1. The van der Waals surface area contributed by atoms with Gasteiger partial charge in [-0.2, -0.15) is 0 Å². The number of aliphatic hydroxyl groups excluding tert-OH is 1. The number of carbonyl (C=O) groups is 2. The van der Waals surface area contributed by atoms with Crippen LogP contribution in [0.2, 0.25) is 5.02 Å². The van der Waals surface area contributed by atoms with Gasteiger partial charge in [0.15, 0.2) is 0 Å². The van der Waals surface area contributed by atoms with Crippen molar-refractivity contribution in [3.8, 4) is 0 Å². The van der Waals surface area contributed by atoms with Gasteiger partial charge in [-0.15, -0.1) is 0 Å². The van der Waals surface area contributed by atoms with Gasteiger partial charge < -0.3 is 10.2 Å². The normalized spacial score (nSPS) is 11.8. The standard InChI is InChI=1S/C17H14ClNO6S/c1-10-5-6-13(8-14(10)18)26(24,25)19-12-4-2-3-11(7-12)15(20)9-16(21)17(22)23/h2-9,19-20H,1H3,(H,22,23). The Balaban J connectivity index is 2.31. The SMILES string of the molecule is Cc1ccc(S(=O)(=O)Nc2cccc(C(O)=CC(=O)C(=O)O)c2)cc1Cl. The van der Waals surface area contributed by atoms with Crippen LogP contribution in [0.15, 0.2) is 53.4 Å². The molecular formula is C17H14ClNO6S. The molecule has 7 nitrogen and oxygen atoms in total. The summed E-state index contributed by atoms with van der Waals surface area (Å²) >= 11 is 5.95. The lowest BCUT2D eigenvalue weighted by atomic mass is 10.1. The molecule has 0 bridgehead atoms. The van der Waals surface area contributed by atoms with Crippen molar-refractivity contribution in [2.45, 2.75) is 11.8 Å². The summed E-state index contributed by atoms with van der Waals surface area (Å²) < 4.78 is 27.2. The van der Waals surface area contributed by atoms with Crippen LogP contribution in [0.5, 0.6) is 0 Å². The van der Waals surface area contributed by atoms with Crippen molar-refractivity contribution >= 4 is 44.8 Å². The van der Waals surface area contributed by atoms with Crippen molar-refractivity contribution in [1.29, 1.82) is 0 Å². The number of benzene rings is 2. The van der Waals surface area contributed by atoms with Crippen LogP contribution in [0, 0.1) is 6.92 Å². The summed E-state index contributed by atoms with van der Waals surface area (Å²) in [5.74, 6) is -3.62. The number of hydrogen-bond acceptors (Lipinski definition) is 5. The Labute approximate surface area is 154 Å². The number of rotatable bonds is 6. The first kappa shape index (κ1) is 19.5. The number of ketones is 1. The Bertz CT molecular complexity index is 1010. The molecular weight excluding hydrogens is 382 g/mol. The zero-order valence-electron chi connectivity index (χ0n) is 13.4. The first-order valence-electron chi connectivity index (χ1n) is 7.17. The summed E-state index contributed by atoms with van der Waals surface area (Å²) in [6.45, 7) is 1.74. The molecule has 0 saturated heterocycles. The van der Waals surface area contributed by atoms with Gasteiger partial charge in [-0.3, -0.25) is 9.52 Å². The summed E-state index contributed by atoms with van der Waals surface area (Å²) in [5.41, 5.74) is 0.912. The summed E-state index contributed by atoms with van der Waals surface area (Å²) in [5, 5.41) is 18.7. The highest BCUT2D eigenvalue weighted by Gasteiger charge is 2.16. The van der Waals surface area contributed by atoms with Crippen LogP contribution in [0.3, 0.4) is 0 Å². The summed E-state index contributed by atoms with van der Waals surface area (Å²) in [7, 11) is -3.93. The molecule has 2 rings (SSSR count). The molecule has 3 N–H and O–H groups in total. The Morgan fingerprint density at radius 2 is 1.81 bits per heavy atom. The van der Waals surface area contributed by atoms with Crippen molar-refractivity contribution in [3.63, 3.8) is 0 Å². The third-order valence-electron chi connectivity index (χ3n) is 3.34. The van der Waals surface area contributed by atoms with E-state index in [0.29, 0.717) is 11.1 Å². The molecule has 0 saturated carbocycles. The van der Waals surface area contributed by atoms with Gasteiger partial charge in [-0.05, 0) is 36.8 Å². The number of carbonyl (C=O) groups excluding carboxylic acids is 1. The summed E-state index contributed by atoms with van der Waals surface area (Å²) in [6.07, 6.45) is 0.537. The van der Waals surface area contributed by atoms with Gasteiger partial charge in [0.1, 0.15) is 5.76 Å². The van der Waals surface area contributed by atoms with Crippen LogP contribution < -0.4 is 4.72 Å². The zero-order valence-corrected chi connectivity index (χ0v) is 15.0. The van der Waals surface area contributed by atoms with Gasteiger partial charge in [-0.1, -0.05) is 29.8 Å². The number of hydrogen-bond donors (Lipinski definition) is 3. The van der Waals surface area contributed by atoms with E-state index in [9.17, 15) is 23.1 Å². The van der Waals surface area contributed by atoms with E-state index in [2.05, 4.69) is 4.72 Å². The molecule has 2 aromatic rings. The predicted molar refractivity (Wildman–Crippen MR) is 96.7 cm³/mol. The molecule has 0 unspecified atom stereocenters. The third kappa shape index (κ3) is 4.62. The van der Waals surface area contributed by atoms with Crippen molar-refractivity contribution in [1.82, 2.24) is 0 Å². The van der Waals surface area contributed by atoms with Crippen molar-refractivity contribution in [2.75, 3.05) is 4.72 Å². The molecule has 9 heteroatoms. The fraction of sp³-hybridized carbons (Fsp3) is 0.0588. The van der Waals surface area contributed by atoms with E-state index >= 15 is 0 Å². The van der Waals surface area contributed by atoms with Gasteiger partial charge >= 0.3 is 5.97 Å². The smallest absolute Gasteiger partial charge is 0.376 e. The molecule has 0 atom stereocenters. The molecule has 0 aromatic heterocycles. The van der Waals surface area contributed by atoms with Crippen LogP contribution >= 0.6 is 11.6 Å². The number of anilines is 1. The topological polar surface area (TPSA) is 121 Å². The number of halogens is 1. The highest BCUT2D eigenvalue weighted by atomic mass is 35.5. The molecule has 0 heterocycles.